The van der Waals surface area contributed by atoms with Gasteiger partial charge in [-0.2, -0.15) is 0 Å². The van der Waals surface area contributed by atoms with Gasteiger partial charge in [-0.25, -0.2) is 0 Å². The van der Waals surface area contributed by atoms with E-state index in [9.17, 15) is 4.79 Å². The normalized spacial score (nSPS) is 28.3. The van der Waals surface area contributed by atoms with Gasteiger partial charge in [0.15, 0.2) is 0 Å². The Morgan fingerprint density at radius 3 is 2.43 bits per heavy atom. The fourth-order valence-corrected chi connectivity index (χ4v) is 3.76. The van der Waals surface area contributed by atoms with Crippen LogP contribution in [-0.4, -0.2) is 37.7 Å². The average molecular weight is 296 g/mol. The predicted octanol–water partition coefficient (Wildman–Crippen LogP) is 2.48. The van der Waals surface area contributed by atoms with Crippen molar-refractivity contribution in [1.29, 1.82) is 0 Å². The Morgan fingerprint density at radius 1 is 1.10 bits per heavy atom. The van der Waals surface area contributed by atoms with Crippen molar-refractivity contribution >= 4 is 5.91 Å². The molecule has 2 aliphatic rings. The summed E-state index contributed by atoms with van der Waals surface area (Å²) in [6.07, 6.45) is 6.98. The lowest BCUT2D eigenvalue weighted by atomic mass is 9.69. The molecular formula is C17H32N2O2. The number of carbonyl (C=O) groups excluding carboxylic acids is 1. The zero-order chi connectivity index (χ0) is 15.3. The number of carbonyl (C=O) groups is 1. The second-order valence-corrected chi connectivity index (χ2v) is 7.70. The maximum atomic E-state index is 12.1. The second kappa shape index (κ2) is 7.59. The van der Waals surface area contributed by atoms with Crippen LogP contribution in [0.4, 0.5) is 0 Å². The highest BCUT2D eigenvalue weighted by Gasteiger charge is 2.34. The molecule has 122 valence electrons. The van der Waals surface area contributed by atoms with Crippen LogP contribution in [0.15, 0.2) is 0 Å². The molecule has 2 fully saturated rings. The molecular weight excluding hydrogens is 264 g/mol. The summed E-state index contributed by atoms with van der Waals surface area (Å²) in [7, 11) is 0. The largest absolute Gasteiger partial charge is 0.381 e. The first-order valence-electron chi connectivity index (χ1n) is 8.57. The number of hydrogen-bond donors (Lipinski definition) is 2. The summed E-state index contributed by atoms with van der Waals surface area (Å²) in [5, 5.41) is 6.65. The van der Waals surface area contributed by atoms with Crippen LogP contribution in [0, 0.1) is 11.3 Å². The highest BCUT2D eigenvalue weighted by Crippen LogP contribution is 2.37. The van der Waals surface area contributed by atoms with Crippen LogP contribution in [0.5, 0.6) is 0 Å². The molecule has 0 bridgehead atoms. The van der Waals surface area contributed by atoms with Crippen LogP contribution in [0.25, 0.3) is 0 Å². The van der Waals surface area contributed by atoms with Gasteiger partial charge >= 0.3 is 0 Å². The Balaban J connectivity index is 1.76. The minimum atomic E-state index is 0.139. The maximum Gasteiger partial charge on any atom is 0.234 e. The van der Waals surface area contributed by atoms with Gasteiger partial charge in [0, 0.05) is 25.3 Å². The zero-order valence-electron chi connectivity index (χ0n) is 13.9. The third kappa shape index (κ3) is 5.26. The Morgan fingerprint density at radius 2 is 1.76 bits per heavy atom. The van der Waals surface area contributed by atoms with Crippen LogP contribution in [-0.2, 0) is 9.53 Å². The molecule has 0 aromatic rings. The first-order chi connectivity index (χ1) is 9.97. The number of rotatable bonds is 4. The van der Waals surface area contributed by atoms with Gasteiger partial charge in [0.25, 0.3) is 0 Å². The average Bonchev–Trinajstić information content (AvgIpc) is 2.45. The Hall–Kier alpha value is -0.610. The van der Waals surface area contributed by atoms with Gasteiger partial charge in [-0.3, -0.25) is 4.79 Å². The molecule has 1 aliphatic carbocycles. The minimum Gasteiger partial charge on any atom is -0.381 e. The third-order valence-corrected chi connectivity index (χ3v) is 4.99. The molecule has 2 atom stereocenters. The van der Waals surface area contributed by atoms with Crippen molar-refractivity contribution in [2.45, 2.75) is 71.4 Å². The van der Waals surface area contributed by atoms with E-state index in [4.69, 9.17) is 4.74 Å². The monoisotopic (exact) mass is 296 g/mol. The topological polar surface area (TPSA) is 50.4 Å². The maximum absolute atomic E-state index is 12.1. The fourth-order valence-electron chi connectivity index (χ4n) is 3.76. The van der Waals surface area contributed by atoms with Gasteiger partial charge in [0.1, 0.15) is 0 Å². The van der Waals surface area contributed by atoms with Gasteiger partial charge in [0.2, 0.25) is 5.91 Å². The summed E-state index contributed by atoms with van der Waals surface area (Å²) in [6, 6.07) is 0.789. The van der Waals surface area contributed by atoms with E-state index in [0.29, 0.717) is 30.0 Å². The van der Waals surface area contributed by atoms with Gasteiger partial charge < -0.3 is 15.4 Å². The molecule has 0 radical (unpaired) electrons. The van der Waals surface area contributed by atoms with Crippen molar-refractivity contribution in [2.75, 3.05) is 19.8 Å². The van der Waals surface area contributed by atoms with E-state index in [1.807, 2.05) is 0 Å². The molecule has 4 heteroatoms. The van der Waals surface area contributed by atoms with E-state index in [1.165, 1.54) is 25.7 Å². The van der Waals surface area contributed by atoms with E-state index in [2.05, 4.69) is 31.4 Å². The van der Waals surface area contributed by atoms with Gasteiger partial charge in [-0.1, -0.05) is 33.6 Å². The number of ether oxygens (including phenoxy) is 1. The van der Waals surface area contributed by atoms with E-state index in [0.717, 1.165) is 26.1 Å². The zero-order valence-corrected chi connectivity index (χ0v) is 13.9. The molecule has 0 spiro atoms. The fraction of sp³-hybridized carbons (Fsp3) is 0.941. The molecule has 4 nitrogen and oxygen atoms in total. The van der Waals surface area contributed by atoms with Crippen LogP contribution in [0.1, 0.15) is 59.3 Å². The number of amides is 1. The van der Waals surface area contributed by atoms with E-state index < -0.39 is 0 Å². The number of hydrogen-bond acceptors (Lipinski definition) is 3. The van der Waals surface area contributed by atoms with Gasteiger partial charge in [0.05, 0.1) is 6.54 Å². The van der Waals surface area contributed by atoms with Crippen molar-refractivity contribution in [1.82, 2.24) is 10.6 Å². The molecule has 1 saturated carbocycles. The predicted molar refractivity (Wildman–Crippen MR) is 85.2 cm³/mol. The lowest BCUT2D eigenvalue weighted by molar-refractivity contribution is -0.121. The van der Waals surface area contributed by atoms with Crippen LogP contribution in [0.2, 0.25) is 0 Å². The molecule has 2 rings (SSSR count). The quantitative estimate of drug-likeness (QED) is 0.838. The van der Waals surface area contributed by atoms with Gasteiger partial charge in [-0.15, -0.1) is 0 Å². The van der Waals surface area contributed by atoms with Gasteiger partial charge in [-0.05, 0) is 37.0 Å². The molecule has 1 amide bonds. The third-order valence-electron chi connectivity index (χ3n) is 4.99. The summed E-state index contributed by atoms with van der Waals surface area (Å²) in [6.45, 7) is 8.95. The van der Waals surface area contributed by atoms with Crippen molar-refractivity contribution < 1.29 is 9.53 Å². The van der Waals surface area contributed by atoms with Crippen molar-refractivity contribution in [3.8, 4) is 0 Å². The molecule has 1 aliphatic heterocycles. The highest BCUT2D eigenvalue weighted by molar-refractivity contribution is 5.78. The highest BCUT2D eigenvalue weighted by atomic mass is 16.5. The second-order valence-electron chi connectivity index (χ2n) is 7.70. The Bertz CT molecular complexity index is 332. The molecule has 0 unspecified atom stereocenters. The van der Waals surface area contributed by atoms with Crippen LogP contribution < -0.4 is 10.6 Å². The lowest BCUT2D eigenvalue weighted by Crippen LogP contribution is -2.49. The molecule has 0 aromatic heterocycles. The van der Waals surface area contributed by atoms with Crippen molar-refractivity contribution in [2.24, 2.45) is 11.3 Å². The van der Waals surface area contributed by atoms with Crippen LogP contribution in [0.3, 0.4) is 0 Å². The molecule has 21 heavy (non-hydrogen) atoms. The summed E-state index contributed by atoms with van der Waals surface area (Å²) in [4.78, 5) is 12.1. The Kier molecular flexibility index (Phi) is 6.06. The summed E-state index contributed by atoms with van der Waals surface area (Å²) in [5.41, 5.74) is 0.315. The lowest BCUT2D eigenvalue weighted by Gasteiger charge is -2.41. The molecule has 1 heterocycles. The smallest absolute Gasteiger partial charge is 0.234 e. The van der Waals surface area contributed by atoms with Crippen molar-refractivity contribution in [3.05, 3.63) is 0 Å². The Labute approximate surface area is 129 Å². The SMILES string of the molecule is CC(C)(C)[C@@H]1CCCC[C@H]1NCC(=O)NC1CCOCC1. The standard InChI is InChI=1S/C17H32N2O2/c1-17(2,3)14-6-4-5-7-15(14)18-12-16(20)19-13-8-10-21-11-9-13/h13-15,18H,4-12H2,1-3H3,(H,19,20)/t14-,15-/m1/s1. The van der Waals surface area contributed by atoms with E-state index in [-0.39, 0.29) is 5.91 Å². The summed E-state index contributed by atoms with van der Waals surface area (Å²) >= 11 is 0. The minimum absolute atomic E-state index is 0.139. The first kappa shape index (κ1) is 16.8. The molecule has 2 N–H and O–H groups in total. The molecule has 1 saturated heterocycles. The van der Waals surface area contributed by atoms with E-state index >= 15 is 0 Å². The van der Waals surface area contributed by atoms with E-state index in [1.54, 1.807) is 0 Å². The summed E-state index contributed by atoms with van der Waals surface area (Å²) in [5.74, 6) is 0.808. The summed E-state index contributed by atoms with van der Waals surface area (Å²) < 4.78 is 5.32. The first-order valence-corrected chi connectivity index (χ1v) is 8.57. The van der Waals surface area contributed by atoms with Crippen LogP contribution >= 0.6 is 0 Å². The molecule has 0 aromatic carbocycles. The number of nitrogens with one attached hydrogen (secondary N) is 2. The van der Waals surface area contributed by atoms with Crippen molar-refractivity contribution in [3.63, 3.8) is 0 Å².